The molecule has 0 atom stereocenters. The van der Waals surface area contributed by atoms with Gasteiger partial charge in [-0.1, -0.05) is 58.6 Å². The van der Waals surface area contributed by atoms with Gasteiger partial charge in [-0.15, -0.1) is 12.0 Å². The van der Waals surface area contributed by atoms with Gasteiger partial charge in [-0.05, 0) is 85.8 Å². The first kappa shape index (κ1) is 25.5. The lowest BCUT2D eigenvalue weighted by molar-refractivity contribution is 0.838. The number of allylic oxidation sites excluding steroid dienone is 4. The molecule has 28 heavy (non-hydrogen) atoms. The van der Waals surface area contributed by atoms with E-state index in [0.717, 1.165) is 22.3 Å². The summed E-state index contributed by atoms with van der Waals surface area (Å²) in [6, 6.07) is 0. The highest BCUT2D eigenvalue weighted by molar-refractivity contribution is 6.90. The standard InChI is InChI=1S/C27H34Si/c1-12-13-16-26(21(2)3)17-14-15-18-27(22(4)5)19-20-28(23(6)7,24(8)9)25(10)11/h1,23-25H,2-11H3. The van der Waals surface area contributed by atoms with Crippen molar-refractivity contribution in [3.05, 3.63) is 22.3 Å². The second-order valence-electron chi connectivity index (χ2n) is 8.29. The SMILES string of the molecule is C#CC#CC(C#CC#CC(C#C[Si](C(C)C)(C(C)C)C(C)C)=C(C)C)=C(C)C. The fourth-order valence-corrected chi connectivity index (χ4v) is 8.66. The van der Waals surface area contributed by atoms with E-state index < -0.39 is 8.07 Å². The molecule has 0 heterocycles. The molecule has 0 aliphatic heterocycles. The van der Waals surface area contributed by atoms with Crippen LogP contribution < -0.4 is 0 Å². The zero-order valence-corrected chi connectivity index (χ0v) is 20.3. The molecule has 0 spiro atoms. The van der Waals surface area contributed by atoms with Crippen LogP contribution in [0.5, 0.6) is 0 Å². The van der Waals surface area contributed by atoms with Crippen molar-refractivity contribution in [1.82, 2.24) is 0 Å². The van der Waals surface area contributed by atoms with Gasteiger partial charge in [0.2, 0.25) is 0 Å². The predicted molar refractivity (Wildman–Crippen MR) is 128 cm³/mol. The molecule has 0 N–H and O–H groups in total. The zero-order chi connectivity index (χ0) is 21.9. The molecule has 0 aliphatic rings. The normalized spacial score (nSPS) is 9.57. The van der Waals surface area contributed by atoms with Crippen molar-refractivity contribution in [2.24, 2.45) is 0 Å². The Hall–Kier alpha value is -2.50. The molecule has 0 rings (SSSR count). The summed E-state index contributed by atoms with van der Waals surface area (Å²) in [5, 5.41) is 0. The van der Waals surface area contributed by atoms with Gasteiger partial charge in [0.05, 0.1) is 11.1 Å². The monoisotopic (exact) mass is 386 g/mol. The first-order valence-electron chi connectivity index (χ1n) is 9.87. The lowest BCUT2D eigenvalue weighted by Crippen LogP contribution is -2.43. The van der Waals surface area contributed by atoms with Crippen molar-refractivity contribution < 1.29 is 0 Å². The molecule has 0 amide bonds. The van der Waals surface area contributed by atoms with Gasteiger partial charge < -0.3 is 0 Å². The zero-order valence-electron chi connectivity index (χ0n) is 19.3. The van der Waals surface area contributed by atoms with Crippen LogP contribution in [0, 0.1) is 59.3 Å². The summed E-state index contributed by atoms with van der Waals surface area (Å²) >= 11 is 0. The average molecular weight is 387 g/mol. The molecule has 0 unspecified atom stereocenters. The minimum Gasteiger partial charge on any atom is -0.124 e. The molecule has 0 aromatic heterocycles. The van der Waals surface area contributed by atoms with Crippen molar-refractivity contribution in [2.45, 2.75) is 85.9 Å². The van der Waals surface area contributed by atoms with Crippen molar-refractivity contribution in [1.29, 1.82) is 0 Å². The lowest BCUT2D eigenvalue weighted by atomic mass is 10.1. The summed E-state index contributed by atoms with van der Waals surface area (Å²) in [5.74, 6) is 23.2. The fraction of sp³-hybridized carbons (Fsp3) is 0.481. The van der Waals surface area contributed by atoms with Crippen LogP contribution in [0.2, 0.25) is 16.6 Å². The largest absolute Gasteiger partial charge is 0.146 e. The second kappa shape index (κ2) is 12.1. The van der Waals surface area contributed by atoms with Crippen LogP contribution in [-0.4, -0.2) is 8.07 Å². The van der Waals surface area contributed by atoms with Crippen molar-refractivity contribution in [3.8, 4) is 59.3 Å². The van der Waals surface area contributed by atoms with E-state index in [0.29, 0.717) is 16.6 Å². The number of rotatable bonds is 3. The topological polar surface area (TPSA) is 0 Å². The molecule has 1 heteroatoms. The second-order valence-corrected chi connectivity index (χ2v) is 13.9. The van der Waals surface area contributed by atoms with Gasteiger partial charge in [-0.3, -0.25) is 0 Å². The van der Waals surface area contributed by atoms with E-state index >= 15 is 0 Å². The quantitative estimate of drug-likeness (QED) is 0.382. The summed E-state index contributed by atoms with van der Waals surface area (Å²) in [5.41, 5.74) is 9.28. The average Bonchev–Trinajstić information content (AvgIpc) is 2.57. The highest BCUT2D eigenvalue weighted by atomic mass is 28.3. The van der Waals surface area contributed by atoms with Gasteiger partial charge in [-0.2, -0.15) is 0 Å². The summed E-state index contributed by atoms with van der Waals surface area (Å²) in [6.45, 7) is 21.9. The third-order valence-corrected chi connectivity index (χ3v) is 11.3. The van der Waals surface area contributed by atoms with Crippen molar-refractivity contribution in [2.75, 3.05) is 0 Å². The highest BCUT2D eigenvalue weighted by Crippen LogP contribution is 2.40. The Labute approximate surface area is 175 Å². The smallest absolute Gasteiger partial charge is 0.124 e. The van der Waals surface area contributed by atoms with Crippen molar-refractivity contribution >= 4 is 8.07 Å². The maximum absolute atomic E-state index is 5.20. The van der Waals surface area contributed by atoms with Crippen LogP contribution in [0.25, 0.3) is 0 Å². The Kier molecular flexibility index (Phi) is 11.0. The van der Waals surface area contributed by atoms with Gasteiger partial charge >= 0.3 is 0 Å². The van der Waals surface area contributed by atoms with Crippen LogP contribution in [0.15, 0.2) is 22.3 Å². The molecule has 0 aromatic rings. The van der Waals surface area contributed by atoms with E-state index in [1.807, 2.05) is 13.8 Å². The predicted octanol–water partition coefficient (Wildman–Crippen LogP) is 6.52. The number of hydrogen-bond donors (Lipinski definition) is 0. The van der Waals surface area contributed by atoms with Crippen LogP contribution in [0.1, 0.15) is 69.2 Å². The fourth-order valence-electron chi connectivity index (χ4n) is 3.45. The molecule has 0 fully saturated rings. The summed E-state index contributed by atoms with van der Waals surface area (Å²) in [7, 11) is -1.78. The van der Waals surface area contributed by atoms with Crippen LogP contribution >= 0.6 is 0 Å². The van der Waals surface area contributed by atoms with Crippen LogP contribution in [0.3, 0.4) is 0 Å². The van der Waals surface area contributed by atoms with Gasteiger partial charge in [0.1, 0.15) is 8.07 Å². The van der Waals surface area contributed by atoms with Crippen LogP contribution in [-0.2, 0) is 0 Å². The Bertz CT molecular complexity index is 882. The molecule has 0 aliphatic carbocycles. The maximum atomic E-state index is 5.20. The molecular weight excluding hydrogens is 352 g/mol. The first-order valence-corrected chi connectivity index (χ1v) is 12.1. The highest BCUT2D eigenvalue weighted by Gasteiger charge is 2.41. The molecule has 0 saturated carbocycles. The van der Waals surface area contributed by atoms with E-state index in [9.17, 15) is 0 Å². The summed E-state index contributed by atoms with van der Waals surface area (Å²) < 4.78 is 0. The summed E-state index contributed by atoms with van der Waals surface area (Å²) in [6.07, 6.45) is 5.20. The van der Waals surface area contributed by atoms with E-state index in [1.54, 1.807) is 0 Å². The minimum absolute atomic E-state index is 0.598. The Morgan fingerprint density at radius 1 is 0.607 bits per heavy atom. The summed E-state index contributed by atoms with van der Waals surface area (Å²) in [4.78, 5) is 0. The van der Waals surface area contributed by atoms with E-state index in [-0.39, 0.29) is 0 Å². The minimum atomic E-state index is -1.78. The number of hydrogen-bond acceptors (Lipinski definition) is 0. The third kappa shape index (κ3) is 7.25. The van der Waals surface area contributed by atoms with E-state index in [4.69, 9.17) is 6.42 Å². The van der Waals surface area contributed by atoms with Crippen LogP contribution in [0.4, 0.5) is 0 Å². The molecule has 0 saturated heterocycles. The molecular formula is C27H34Si. The van der Waals surface area contributed by atoms with E-state index in [1.165, 1.54) is 0 Å². The van der Waals surface area contributed by atoms with Gasteiger partial charge in [-0.25, -0.2) is 0 Å². The lowest BCUT2D eigenvalue weighted by Gasteiger charge is -2.38. The van der Waals surface area contributed by atoms with E-state index in [2.05, 4.69) is 108 Å². The Balaban J connectivity index is 6.06. The third-order valence-electron chi connectivity index (χ3n) is 4.97. The first-order chi connectivity index (χ1) is 13.0. The van der Waals surface area contributed by atoms with Gasteiger partial charge in [0.15, 0.2) is 0 Å². The maximum Gasteiger partial charge on any atom is 0.146 e. The molecule has 0 radical (unpaired) electrons. The Morgan fingerprint density at radius 2 is 0.964 bits per heavy atom. The molecule has 0 nitrogen and oxygen atoms in total. The molecule has 146 valence electrons. The number of terminal acetylenes is 1. The van der Waals surface area contributed by atoms with Gasteiger partial charge in [0, 0.05) is 0 Å². The molecule has 0 aromatic carbocycles. The van der Waals surface area contributed by atoms with Gasteiger partial charge in [0.25, 0.3) is 0 Å². The molecule has 0 bridgehead atoms. The van der Waals surface area contributed by atoms with Crippen molar-refractivity contribution in [3.63, 3.8) is 0 Å². The Morgan fingerprint density at radius 3 is 1.29 bits per heavy atom.